The van der Waals surface area contributed by atoms with Crippen LogP contribution in [0.2, 0.25) is 0 Å². The highest BCUT2D eigenvalue weighted by Crippen LogP contribution is 2.25. The Morgan fingerprint density at radius 3 is 2.50 bits per heavy atom. The first-order valence-electron chi connectivity index (χ1n) is 8.82. The van der Waals surface area contributed by atoms with E-state index in [2.05, 4.69) is 24.4 Å². The number of nitrogens with one attached hydrogen (secondary N) is 2. The number of benzene rings is 2. The molecule has 0 spiro atoms. The minimum atomic E-state index is -0.592. The Morgan fingerprint density at radius 1 is 1.15 bits per heavy atom. The third-order valence-electron chi connectivity index (χ3n) is 4.68. The number of amides is 2. The van der Waals surface area contributed by atoms with Gasteiger partial charge in [-0.15, -0.1) is 0 Å². The van der Waals surface area contributed by atoms with Crippen LogP contribution in [-0.4, -0.2) is 41.6 Å². The van der Waals surface area contributed by atoms with E-state index in [4.69, 9.17) is 5.41 Å². The van der Waals surface area contributed by atoms with Crippen LogP contribution >= 0.6 is 0 Å². The van der Waals surface area contributed by atoms with Gasteiger partial charge in [-0.3, -0.25) is 9.59 Å². The number of likely N-dealkylation sites (tertiary alicyclic amines) is 1. The number of likely N-dealkylation sites (N-methyl/N-ethyl adjacent to an activating group) is 1. The third-order valence-corrected chi connectivity index (χ3v) is 4.68. The van der Waals surface area contributed by atoms with Crippen molar-refractivity contribution in [1.29, 1.82) is 5.41 Å². The standard InChI is InChI=1S/C21H23N3O2/c1-3-23-20(25)19-12-17(22)13-24(19)21(26)16-10-8-15(9-11-16)18-7-5-4-6-14(18)2/h4-11,19,22H,3,12-13H2,1-2H3,(H,23,25)/t19-/m0/s1. The van der Waals surface area contributed by atoms with E-state index >= 15 is 0 Å². The number of carbonyl (C=O) groups excluding carboxylic acids is 2. The van der Waals surface area contributed by atoms with Crippen molar-refractivity contribution < 1.29 is 9.59 Å². The van der Waals surface area contributed by atoms with E-state index in [1.165, 1.54) is 10.5 Å². The highest BCUT2D eigenvalue weighted by Gasteiger charge is 2.37. The molecule has 1 atom stereocenters. The molecule has 1 aliphatic heterocycles. The molecule has 0 bridgehead atoms. The van der Waals surface area contributed by atoms with Crippen LogP contribution in [0, 0.1) is 12.3 Å². The Bertz CT molecular complexity index is 843. The van der Waals surface area contributed by atoms with Gasteiger partial charge in [0.15, 0.2) is 0 Å². The highest BCUT2D eigenvalue weighted by atomic mass is 16.2. The van der Waals surface area contributed by atoms with Crippen molar-refractivity contribution in [2.24, 2.45) is 0 Å². The topological polar surface area (TPSA) is 73.3 Å². The van der Waals surface area contributed by atoms with Crippen LogP contribution in [0.1, 0.15) is 29.3 Å². The zero-order chi connectivity index (χ0) is 18.7. The first-order chi connectivity index (χ1) is 12.5. The second-order valence-corrected chi connectivity index (χ2v) is 6.54. The molecule has 2 N–H and O–H groups in total. The fourth-order valence-corrected chi connectivity index (χ4v) is 3.32. The average molecular weight is 349 g/mol. The number of rotatable bonds is 4. The Kier molecular flexibility index (Phi) is 5.16. The minimum absolute atomic E-state index is 0.195. The SMILES string of the molecule is CCNC(=O)[C@@H]1CC(=N)CN1C(=O)c1ccc(-c2ccccc2C)cc1. The van der Waals surface area contributed by atoms with Crippen molar-refractivity contribution in [2.75, 3.05) is 13.1 Å². The molecular formula is C21H23N3O2. The number of hydrogen-bond acceptors (Lipinski definition) is 3. The molecule has 2 amide bonds. The predicted molar refractivity (Wildman–Crippen MR) is 102 cm³/mol. The molecule has 5 nitrogen and oxygen atoms in total. The van der Waals surface area contributed by atoms with Crippen LogP contribution in [0.15, 0.2) is 48.5 Å². The lowest BCUT2D eigenvalue weighted by Gasteiger charge is -2.23. The lowest BCUT2D eigenvalue weighted by molar-refractivity contribution is -0.124. The van der Waals surface area contributed by atoms with Crippen LogP contribution in [0.5, 0.6) is 0 Å². The maximum Gasteiger partial charge on any atom is 0.254 e. The molecule has 26 heavy (non-hydrogen) atoms. The zero-order valence-electron chi connectivity index (χ0n) is 15.1. The van der Waals surface area contributed by atoms with Gasteiger partial charge >= 0.3 is 0 Å². The normalized spacial score (nSPS) is 16.6. The van der Waals surface area contributed by atoms with Gasteiger partial charge in [-0.05, 0) is 42.7 Å². The van der Waals surface area contributed by atoms with Crippen molar-refractivity contribution in [3.05, 3.63) is 59.7 Å². The average Bonchev–Trinajstić information content (AvgIpc) is 3.04. The summed E-state index contributed by atoms with van der Waals surface area (Å²) in [5, 5.41) is 10.6. The Balaban J connectivity index is 1.82. The van der Waals surface area contributed by atoms with Crippen molar-refractivity contribution in [3.8, 4) is 11.1 Å². The minimum Gasteiger partial charge on any atom is -0.355 e. The van der Waals surface area contributed by atoms with Crippen molar-refractivity contribution in [3.63, 3.8) is 0 Å². The van der Waals surface area contributed by atoms with Gasteiger partial charge in [-0.1, -0.05) is 36.4 Å². The van der Waals surface area contributed by atoms with Crippen LogP contribution in [0.3, 0.4) is 0 Å². The molecule has 1 heterocycles. The zero-order valence-corrected chi connectivity index (χ0v) is 15.1. The fraction of sp³-hybridized carbons (Fsp3) is 0.286. The van der Waals surface area contributed by atoms with Crippen molar-refractivity contribution >= 4 is 17.5 Å². The van der Waals surface area contributed by atoms with E-state index in [9.17, 15) is 9.59 Å². The molecule has 0 saturated carbocycles. The Hall–Kier alpha value is -2.95. The fourth-order valence-electron chi connectivity index (χ4n) is 3.32. The number of aryl methyl sites for hydroxylation is 1. The molecule has 1 aliphatic rings. The first-order valence-corrected chi connectivity index (χ1v) is 8.82. The maximum absolute atomic E-state index is 12.9. The molecule has 0 radical (unpaired) electrons. The number of carbonyl (C=O) groups is 2. The maximum atomic E-state index is 12.9. The summed E-state index contributed by atoms with van der Waals surface area (Å²) in [6.07, 6.45) is 0.304. The predicted octanol–water partition coefficient (Wildman–Crippen LogP) is 3.03. The summed E-state index contributed by atoms with van der Waals surface area (Å²) in [6, 6.07) is 15.0. The second-order valence-electron chi connectivity index (χ2n) is 6.54. The third kappa shape index (κ3) is 3.52. The summed E-state index contributed by atoms with van der Waals surface area (Å²) in [6.45, 7) is 4.62. The highest BCUT2D eigenvalue weighted by molar-refractivity contribution is 6.04. The van der Waals surface area contributed by atoms with E-state index in [-0.39, 0.29) is 18.4 Å². The number of hydrogen-bond donors (Lipinski definition) is 2. The van der Waals surface area contributed by atoms with Gasteiger partial charge < -0.3 is 15.6 Å². The van der Waals surface area contributed by atoms with Crippen LogP contribution in [0.25, 0.3) is 11.1 Å². The monoisotopic (exact) mass is 349 g/mol. The molecular weight excluding hydrogens is 326 g/mol. The van der Waals surface area contributed by atoms with E-state index in [1.807, 2.05) is 31.2 Å². The van der Waals surface area contributed by atoms with Crippen LogP contribution in [0.4, 0.5) is 0 Å². The largest absolute Gasteiger partial charge is 0.355 e. The smallest absolute Gasteiger partial charge is 0.254 e. The van der Waals surface area contributed by atoms with Gasteiger partial charge in [0.25, 0.3) is 5.91 Å². The molecule has 5 heteroatoms. The molecule has 0 unspecified atom stereocenters. The number of nitrogens with zero attached hydrogens (tertiary/aromatic N) is 1. The van der Waals surface area contributed by atoms with Crippen molar-refractivity contribution in [1.82, 2.24) is 10.2 Å². The van der Waals surface area contributed by atoms with Gasteiger partial charge in [0.2, 0.25) is 5.91 Å². The quantitative estimate of drug-likeness (QED) is 0.890. The lowest BCUT2D eigenvalue weighted by Crippen LogP contribution is -2.45. The molecule has 0 aliphatic carbocycles. The lowest BCUT2D eigenvalue weighted by atomic mass is 9.99. The molecule has 1 fully saturated rings. The Morgan fingerprint density at radius 2 is 1.85 bits per heavy atom. The van der Waals surface area contributed by atoms with Crippen molar-refractivity contribution in [2.45, 2.75) is 26.3 Å². The van der Waals surface area contributed by atoms with E-state index in [1.54, 1.807) is 12.1 Å². The van der Waals surface area contributed by atoms with Gasteiger partial charge in [-0.2, -0.15) is 0 Å². The van der Waals surface area contributed by atoms with Gasteiger partial charge in [0, 0.05) is 24.2 Å². The van der Waals surface area contributed by atoms with E-state index in [0.29, 0.717) is 24.2 Å². The molecule has 3 rings (SSSR count). The van der Waals surface area contributed by atoms with E-state index < -0.39 is 6.04 Å². The van der Waals surface area contributed by atoms with E-state index in [0.717, 1.165) is 11.1 Å². The summed E-state index contributed by atoms with van der Waals surface area (Å²) in [7, 11) is 0. The first kappa shape index (κ1) is 17.9. The summed E-state index contributed by atoms with van der Waals surface area (Å²) in [5.41, 5.74) is 4.30. The summed E-state index contributed by atoms with van der Waals surface area (Å²) in [4.78, 5) is 26.6. The summed E-state index contributed by atoms with van der Waals surface area (Å²) in [5.74, 6) is -0.403. The van der Waals surface area contributed by atoms with Gasteiger partial charge in [0.05, 0.1) is 6.54 Å². The van der Waals surface area contributed by atoms with Crippen LogP contribution in [-0.2, 0) is 4.79 Å². The Labute approximate surface area is 153 Å². The van der Waals surface area contributed by atoms with Gasteiger partial charge in [-0.25, -0.2) is 0 Å². The molecule has 2 aromatic carbocycles. The van der Waals surface area contributed by atoms with Gasteiger partial charge in [0.1, 0.15) is 6.04 Å². The molecule has 134 valence electrons. The van der Waals surface area contributed by atoms with Crippen LogP contribution < -0.4 is 5.32 Å². The summed E-state index contributed by atoms with van der Waals surface area (Å²) < 4.78 is 0. The second kappa shape index (κ2) is 7.52. The molecule has 2 aromatic rings. The summed E-state index contributed by atoms with van der Waals surface area (Å²) >= 11 is 0. The molecule has 0 aromatic heterocycles. The molecule has 1 saturated heterocycles.